The van der Waals surface area contributed by atoms with Gasteiger partial charge in [-0.2, -0.15) is 0 Å². The number of carbonyl (C=O) groups is 2. The number of rotatable bonds is 4. The number of nitrogens with zero attached hydrogens (tertiary/aromatic N) is 3. The molecule has 8 heteroatoms. The van der Waals surface area contributed by atoms with Gasteiger partial charge in [-0.25, -0.2) is 14.4 Å². The maximum absolute atomic E-state index is 13.4. The van der Waals surface area contributed by atoms with Crippen LogP contribution in [0.2, 0.25) is 0 Å². The molecule has 0 fully saturated rings. The van der Waals surface area contributed by atoms with Crippen LogP contribution in [0.4, 0.5) is 10.3 Å². The van der Waals surface area contributed by atoms with E-state index in [2.05, 4.69) is 9.97 Å². The Labute approximate surface area is 152 Å². The van der Waals surface area contributed by atoms with Gasteiger partial charge in [0.2, 0.25) is 11.7 Å². The van der Waals surface area contributed by atoms with Gasteiger partial charge in [-0.15, -0.1) is 0 Å². The van der Waals surface area contributed by atoms with Gasteiger partial charge in [-0.1, -0.05) is 12.1 Å². The second-order valence-corrected chi connectivity index (χ2v) is 5.75. The Bertz CT molecular complexity index is 1030. The SMILES string of the molecule is O=C(C1=C(O)C(=O)N(c2ncccn2)[C@@H]1c1ccc(F)cc1)c1ccco1. The molecule has 0 spiro atoms. The number of Topliss-reactive ketones (excluding diaryl/α,β-unsaturated/α-hetero) is 1. The molecular formula is C19H12FN3O4. The number of carbonyl (C=O) groups excluding carboxylic acids is 2. The largest absolute Gasteiger partial charge is 0.503 e. The molecule has 0 saturated heterocycles. The first kappa shape index (κ1) is 16.6. The third-order valence-electron chi connectivity index (χ3n) is 4.15. The van der Waals surface area contributed by atoms with Crippen LogP contribution in [0.3, 0.4) is 0 Å². The summed E-state index contributed by atoms with van der Waals surface area (Å²) in [5.41, 5.74) is 0.227. The van der Waals surface area contributed by atoms with Crippen LogP contribution >= 0.6 is 0 Å². The number of hydrogen-bond donors (Lipinski definition) is 1. The summed E-state index contributed by atoms with van der Waals surface area (Å²) < 4.78 is 18.5. The van der Waals surface area contributed by atoms with E-state index < -0.39 is 29.3 Å². The Morgan fingerprint density at radius 3 is 2.44 bits per heavy atom. The molecule has 0 bridgehead atoms. The van der Waals surface area contributed by atoms with Crippen LogP contribution in [0.1, 0.15) is 22.2 Å². The molecule has 2 aromatic heterocycles. The van der Waals surface area contributed by atoms with E-state index in [0.717, 1.165) is 4.90 Å². The molecule has 3 aromatic rings. The predicted octanol–water partition coefficient (Wildman–Crippen LogP) is 2.99. The maximum Gasteiger partial charge on any atom is 0.296 e. The van der Waals surface area contributed by atoms with Crippen LogP contribution in [-0.4, -0.2) is 26.8 Å². The fourth-order valence-corrected chi connectivity index (χ4v) is 2.96. The number of amides is 1. The van der Waals surface area contributed by atoms with Crippen molar-refractivity contribution in [3.05, 3.63) is 89.6 Å². The fourth-order valence-electron chi connectivity index (χ4n) is 2.96. The summed E-state index contributed by atoms with van der Waals surface area (Å²) in [6, 6.07) is 8.75. The number of hydrogen-bond acceptors (Lipinski definition) is 6. The van der Waals surface area contributed by atoms with E-state index in [-0.39, 0.29) is 17.3 Å². The number of aliphatic hydroxyl groups is 1. The molecule has 1 N–H and O–H groups in total. The molecule has 0 radical (unpaired) electrons. The van der Waals surface area contributed by atoms with Crippen molar-refractivity contribution >= 4 is 17.6 Å². The number of aromatic nitrogens is 2. The first-order valence-corrected chi connectivity index (χ1v) is 7.95. The van der Waals surface area contributed by atoms with Crippen molar-refractivity contribution in [3.8, 4) is 0 Å². The summed E-state index contributed by atoms with van der Waals surface area (Å²) in [4.78, 5) is 34.8. The topological polar surface area (TPSA) is 96.5 Å². The molecule has 1 atom stereocenters. The Balaban J connectivity index is 1.88. The van der Waals surface area contributed by atoms with Gasteiger partial charge in [0, 0.05) is 12.4 Å². The molecule has 134 valence electrons. The van der Waals surface area contributed by atoms with E-state index in [4.69, 9.17) is 4.42 Å². The van der Waals surface area contributed by atoms with Crippen molar-refractivity contribution in [2.45, 2.75) is 6.04 Å². The minimum Gasteiger partial charge on any atom is -0.503 e. The number of benzene rings is 1. The molecule has 27 heavy (non-hydrogen) atoms. The van der Waals surface area contributed by atoms with E-state index in [1.807, 2.05) is 0 Å². The highest BCUT2D eigenvalue weighted by atomic mass is 19.1. The molecule has 0 saturated carbocycles. The molecule has 3 heterocycles. The van der Waals surface area contributed by atoms with E-state index in [0.29, 0.717) is 5.56 Å². The molecule has 0 aliphatic carbocycles. The first-order valence-electron chi connectivity index (χ1n) is 7.95. The van der Waals surface area contributed by atoms with Crippen LogP contribution < -0.4 is 4.90 Å². The standard InChI is InChI=1S/C19H12FN3O4/c20-12-6-4-11(5-7-12)15-14(16(24)13-3-1-10-27-13)17(25)18(26)23(15)19-21-8-2-9-22-19/h1-10,15,25H/t15-/m1/s1. The minimum absolute atomic E-state index is 0.00520. The van der Waals surface area contributed by atoms with Gasteiger partial charge in [0.25, 0.3) is 5.91 Å². The van der Waals surface area contributed by atoms with Crippen LogP contribution in [0.5, 0.6) is 0 Å². The lowest BCUT2D eigenvalue weighted by Crippen LogP contribution is -2.32. The Morgan fingerprint density at radius 1 is 1.11 bits per heavy atom. The van der Waals surface area contributed by atoms with Crippen molar-refractivity contribution < 1.29 is 23.5 Å². The van der Waals surface area contributed by atoms with Crippen molar-refractivity contribution in [3.63, 3.8) is 0 Å². The molecule has 1 aromatic carbocycles. The van der Waals surface area contributed by atoms with Crippen molar-refractivity contribution in [1.82, 2.24) is 9.97 Å². The maximum atomic E-state index is 13.4. The molecule has 7 nitrogen and oxygen atoms in total. The summed E-state index contributed by atoms with van der Waals surface area (Å²) >= 11 is 0. The predicted molar refractivity (Wildman–Crippen MR) is 91.4 cm³/mol. The van der Waals surface area contributed by atoms with Gasteiger partial charge in [-0.3, -0.25) is 14.5 Å². The summed E-state index contributed by atoms with van der Waals surface area (Å²) in [5.74, 6) is -2.71. The van der Waals surface area contributed by atoms with Crippen LogP contribution in [-0.2, 0) is 4.79 Å². The Morgan fingerprint density at radius 2 is 1.81 bits per heavy atom. The lowest BCUT2D eigenvalue weighted by Gasteiger charge is -2.24. The second-order valence-electron chi connectivity index (χ2n) is 5.75. The summed E-state index contributed by atoms with van der Waals surface area (Å²) in [6.07, 6.45) is 4.17. The van der Waals surface area contributed by atoms with E-state index >= 15 is 0 Å². The van der Waals surface area contributed by atoms with Crippen molar-refractivity contribution in [1.29, 1.82) is 0 Å². The lowest BCUT2D eigenvalue weighted by molar-refractivity contribution is -0.117. The number of anilines is 1. The van der Waals surface area contributed by atoms with Crippen molar-refractivity contribution in [2.24, 2.45) is 0 Å². The summed E-state index contributed by atoms with van der Waals surface area (Å²) in [7, 11) is 0. The zero-order valence-corrected chi connectivity index (χ0v) is 13.7. The number of halogens is 1. The zero-order valence-electron chi connectivity index (χ0n) is 13.7. The number of aliphatic hydroxyl groups excluding tert-OH is 1. The molecule has 1 amide bonds. The van der Waals surface area contributed by atoms with Gasteiger partial charge in [0.1, 0.15) is 5.82 Å². The van der Waals surface area contributed by atoms with Gasteiger partial charge in [0.05, 0.1) is 17.9 Å². The summed E-state index contributed by atoms with van der Waals surface area (Å²) in [5, 5.41) is 10.4. The van der Waals surface area contributed by atoms with E-state index in [1.54, 1.807) is 6.07 Å². The van der Waals surface area contributed by atoms with E-state index in [9.17, 15) is 19.1 Å². The number of ketones is 1. The molecule has 4 rings (SSSR count). The second kappa shape index (κ2) is 6.49. The quantitative estimate of drug-likeness (QED) is 0.714. The van der Waals surface area contributed by atoms with Gasteiger partial charge in [0.15, 0.2) is 11.5 Å². The average molecular weight is 365 g/mol. The van der Waals surface area contributed by atoms with Gasteiger partial charge in [-0.05, 0) is 35.9 Å². The highest BCUT2D eigenvalue weighted by Gasteiger charge is 2.46. The molecule has 0 unspecified atom stereocenters. The third-order valence-corrected chi connectivity index (χ3v) is 4.15. The minimum atomic E-state index is -1.03. The normalized spacial score (nSPS) is 16.9. The van der Waals surface area contributed by atoms with Crippen LogP contribution in [0, 0.1) is 5.82 Å². The Kier molecular flexibility index (Phi) is 4.00. The first-order chi connectivity index (χ1) is 13.1. The van der Waals surface area contributed by atoms with Crippen molar-refractivity contribution in [2.75, 3.05) is 4.90 Å². The highest BCUT2D eigenvalue weighted by Crippen LogP contribution is 2.40. The zero-order chi connectivity index (χ0) is 19.0. The van der Waals surface area contributed by atoms with Crippen LogP contribution in [0.25, 0.3) is 0 Å². The molecule has 1 aliphatic heterocycles. The van der Waals surface area contributed by atoms with Crippen LogP contribution in [0.15, 0.2) is 76.9 Å². The summed E-state index contributed by atoms with van der Waals surface area (Å²) in [6.45, 7) is 0. The van der Waals surface area contributed by atoms with E-state index in [1.165, 1.54) is 55.1 Å². The molecule has 1 aliphatic rings. The lowest BCUT2D eigenvalue weighted by atomic mass is 9.95. The number of furan rings is 1. The van der Waals surface area contributed by atoms with Gasteiger partial charge < -0.3 is 9.52 Å². The highest BCUT2D eigenvalue weighted by molar-refractivity contribution is 6.19. The fraction of sp³-hybridized carbons (Fsp3) is 0.0526. The smallest absolute Gasteiger partial charge is 0.296 e. The monoisotopic (exact) mass is 365 g/mol. The Hall–Kier alpha value is -3.81. The average Bonchev–Trinajstić information content (AvgIpc) is 3.31. The molecular weight excluding hydrogens is 353 g/mol. The third kappa shape index (κ3) is 2.77. The van der Waals surface area contributed by atoms with Gasteiger partial charge >= 0.3 is 0 Å².